The SMILES string of the molecule is FC(F)(F)C(C=Cc1ccc(-n2cncn2)cc1)c1cccc(Cl)c1Cl. The van der Waals surface area contributed by atoms with Crippen molar-refractivity contribution in [3.05, 3.63) is 82.4 Å². The van der Waals surface area contributed by atoms with Gasteiger partial charge in [-0.1, -0.05) is 59.6 Å². The van der Waals surface area contributed by atoms with E-state index >= 15 is 0 Å². The van der Waals surface area contributed by atoms with Gasteiger partial charge < -0.3 is 0 Å². The Labute approximate surface area is 157 Å². The molecule has 8 heteroatoms. The van der Waals surface area contributed by atoms with E-state index in [2.05, 4.69) is 10.1 Å². The van der Waals surface area contributed by atoms with Crippen molar-refractivity contribution in [1.29, 1.82) is 0 Å². The number of aromatic nitrogens is 3. The summed E-state index contributed by atoms with van der Waals surface area (Å²) in [5.74, 6) is -1.86. The van der Waals surface area contributed by atoms with Gasteiger partial charge in [-0.3, -0.25) is 0 Å². The summed E-state index contributed by atoms with van der Waals surface area (Å²) < 4.78 is 42.0. The van der Waals surface area contributed by atoms with Gasteiger partial charge in [0.05, 0.1) is 21.7 Å². The highest BCUT2D eigenvalue weighted by Crippen LogP contribution is 2.41. The van der Waals surface area contributed by atoms with Crippen LogP contribution in [0.25, 0.3) is 11.8 Å². The Bertz CT molecular complexity index is 904. The molecule has 3 aromatic rings. The number of hydrogen-bond donors (Lipinski definition) is 0. The Hall–Kier alpha value is -2.31. The Morgan fingerprint density at radius 2 is 1.77 bits per heavy atom. The van der Waals surface area contributed by atoms with Gasteiger partial charge in [-0.05, 0) is 29.3 Å². The van der Waals surface area contributed by atoms with Crippen molar-refractivity contribution in [2.75, 3.05) is 0 Å². The first-order chi connectivity index (χ1) is 12.4. The highest BCUT2D eigenvalue weighted by molar-refractivity contribution is 6.42. The van der Waals surface area contributed by atoms with Crippen molar-refractivity contribution in [3.8, 4) is 5.69 Å². The molecule has 26 heavy (non-hydrogen) atoms. The van der Waals surface area contributed by atoms with E-state index in [0.29, 0.717) is 5.56 Å². The molecule has 0 radical (unpaired) electrons. The van der Waals surface area contributed by atoms with Crippen LogP contribution in [0.15, 0.2) is 61.2 Å². The fourth-order valence-electron chi connectivity index (χ4n) is 2.44. The van der Waals surface area contributed by atoms with Gasteiger partial charge in [-0.25, -0.2) is 9.67 Å². The number of nitrogens with zero attached hydrogens (tertiary/aromatic N) is 3. The van der Waals surface area contributed by atoms with Crippen LogP contribution in [0.2, 0.25) is 10.0 Å². The monoisotopic (exact) mass is 397 g/mol. The molecule has 0 spiro atoms. The number of halogens is 5. The van der Waals surface area contributed by atoms with E-state index in [1.165, 1.54) is 36.9 Å². The molecular weight excluding hydrogens is 386 g/mol. The summed E-state index contributed by atoms with van der Waals surface area (Å²) in [6.45, 7) is 0. The first-order valence-corrected chi connectivity index (χ1v) is 8.26. The molecule has 0 saturated heterocycles. The molecule has 1 atom stereocenters. The van der Waals surface area contributed by atoms with E-state index in [1.807, 2.05) is 0 Å². The summed E-state index contributed by atoms with van der Waals surface area (Å²) in [5.41, 5.74) is 1.29. The first-order valence-electron chi connectivity index (χ1n) is 7.50. The second kappa shape index (κ2) is 7.51. The predicted octanol–water partition coefficient (Wildman–Crippen LogP) is 5.93. The number of benzene rings is 2. The molecule has 0 aliphatic rings. The Kier molecular flexibility index (Phi) is 5.34. The Morgan fingerprint density at radius 1 is 1.04 bits per heavy atom. The van der Waals surface area contributed by atoms with Crippen molar-refractivity contribution in [3.63, 3.8) is 0 Å². The van der Waals surface area contributed by atoms with Crippen LogP contribution in [0, 0.1) is 0 Å². The fraction of sp³-hybridized carbons (Fsp3) is 0.111. The summed E-state index contributed by atoms with van der Waals surface area (Å²) in [6, 6.07) is 11.1. The van der Waals surface area contributed by atoms with Crippen LogP contribution in [0.5, 0.6) is 0 Å². The van der Waals surface area contributed by atoms with Gasteiger partial charge in [0.2, 0.25) is 0 Å². The lowest BCUT2D eigenvalue weighted by atomic mass is 9.97. The van der Waals surface area contributed by atoms with Gasteiger partial charge in [-0.2, -0.15) is 18.3 Å². The second-order valence-electron chi connectivity index (χ2n) is 5.45. The molecule has 0 aliphatic heterocycles. The third-order valence-electron chi connectivity index (χ3n) is 3.73. The average Bonchev–Trinajstić information content (AvgIpc) is 3.13. The smallest absolute Gasteiger partial charge is 0.223 e. The lowest BCUT2D eigenvalue weighted by Gasteiger charge is -2.19. The van der Waals surface area contributed by atoms with Crippen molar-refractivity contribution in [1.82, 2.24) is 14.8 Å². The van der Waals surface area contributed by atoms with Gasteiger partial charge in [0, 0.05) is 0 Å². The third-order valence-corrected chi connectivity index (χ3v) is 4.56. The molecule has 0 bridgehead atoms. The number of allylic oxidation sites excluding steroid dienone is 1. The summed E-state index contributed by atoms with van der Waals surface area (Å²) >= 11 is 11.8. The first kappa shape index (κ1) is 18.5. The maximum Gasteiger partial charge on any atom is 0.399 e. The molecule has 3 nitrogen and oxygen atoms in total. The van der Waals surface area contributed by atoms with Crippen LogP contribution in [-0.2, 0) is 0 Å². The largest absolute Gasteiger partial charge is 0.399 e. The molecule has 3 rings (SSSR count). The van der Waals surface area contributed by atoms with Crippen LogP contribution >= 0.6 is 23.2 Å². The Balaban J connectivity index is 1.89. The molecular formula is C18H12Cl2F3N3. The quantitative estimate of drug-likeness (QED) is 0.545. The topological polar surface area (TPSA) is 30.7 Å². The van der Waals surface area contributed by atoms with E-state index in [0.717, 1.165) is 11.8 Å². The molecule has 0 amide bonds. The third kappa shape index (κ3) is 4.08. The zero-order valence-corrected chi connectivity index (χ0v) is 14.7. The van der Waals surface area contributed by atoms with Crippen LogP contribution < -0.4 is 0 Å². The van der Waals surface area contributed by atoms with Crippen LogP contribution in [0.4, 0.5) is 13.2 Å². The van der Waals surface area contributed by atoms with Gasteiger partial charge in [0.1, 0.15) is 12.7 Å². The lowest BCUT2D eigenvalue weighted by Crippen LogP contribution is -2.19. The standard InChI is InChI=1S/C18H12Cl2F3N3/c19-16-3-1-2-14(17(16)20)15(18(21,22)23)9-6-12-4-7-13(8-5-12)26-11-24-10-25-26/h1-11,15H. The number of rotatable bonds is 4. The summed E-state index contributed by atoms with van der Waals surface area (Å²) in [6.07, 6.45) is 0.913. The number of hydrogen-bond acceptors (Lipinski definition) is 2. The van der Waals surface area contributed by atoms with Gasteiger partial charge >= 0.3 is 6.18 Å². The molecule has 1 aromatic heterocycles. The van der Waals surface area contributed by atoms with Gasteiger partial charge in [-0.15, -0.1) is 0 Å². The van der Waals surface area contributed by atoms with Crippen molar-refractivity contribution in [2.24, 2.45) is 0 Å². The normalized spacial score (nSPS) is 13.3. The summed E-state index contributed by atoms with van der Waals surface area (Å²) in [4.78, 5) is 3.85. The number of alkyl halides is 3. The average molecular weight is 398 g/mol. The van der Waals surface area contributed by atoms with Gasteiger partial charge in [0.15, 0.2) is 0 Å². The zero-order valence-electron chi connectivity index (χ0n) is 13.2. The second-order valence-corrected chi connectivity index (χ2v) is 6.24. The lowest BCUT2D eigenvalue weighted by molar-refractivity contribution is -0.139. The van der Waals surface area contributed by atoms with E-state index in [-0.39, 0.29) is 15.6 Å². The molecule has 0 fully saturated rings. The van der Waals surface area contributed by atoms with E-state index in [4.69, 9.17) is 23.2 Å². The van der Waals surface area contributed by atoms with E-state index < -0.39 is 12.1 Å². The molecule has 2 aromatic carbocycles. The predicted molar refractivity (Wildman–Crippen MR) is 95.7 cm³/mol. The highest BCUT2D eigenvalue weighted by atomic mass is 35.5. The molecule has 0 saturated carbocycles. The molecule has 0 aliphatic carbocycles. The molecule has 134 valence electrons. The molecule has 1 heterocycles. The fourth-order valence-corrected chi connectivity index (χ4v) is 2.86. The van der Waals surface area contributed by atoms with E-state index in [9.17, 15) is 13.2 Å². The summed E-state index contributed by atoms with van der Waals surface area (Å²) in [7, 11) is 0. The van der Waals surface area contributed by atoms with Crippen LogP contribution in [-0.4, -0.2) is 20.9 Å². The Morgan fingerprint density at radius 3 is 2.38 bits per heavy atom. The highest BCUT2D eigenvalue weighted by Gasteiger charge is 2.40. The van der Waals surface area contributed by atoms with Crippen molar-refractivity contribution < 1.29 is 13.2 Å². The van der Waals surface area contributed by atoms with Crippen molar-refractivity contribution >= 4 is 29.3 Å². The van der Waals surface area contributed by atoms with E-state index in [1.54, 1.807) is 28.9 Å². The molecule has 1 unspecified atom stereocenters. The maximum absolute atomic E-state index is 13.5. The van der Waals surface area contributed by atoms with Crippen LogP contribution in [0.1, 0.15) is 17.0 Å². The molecule has 0 N–H and O–H groups in total. The minimum atomic E-state index is -4.49. The van der Waals surface area contributed by atoms with Crippen molar-refractivity contribution in [2.45, 2.75) is 12.1 Å². The summed E-state index contributed by atoms with van der Waals surface area (Å²) in [5, 5.41) is 3.98. The van der Waals surface area contributed by atoms with Gasteiger partial charge in [0.25, 0.3) is 0 Å². The minimum absolute atomic E-state index is 0.0813. The van der Waals surface area contributed by atoms with Crippen LogP contribution in [0.3, 0.4) is 0 Å². The minimum Gasteiger partial charge on any atom is -0.223 e. The maximum atomic E-state index is 13.5. The zero-order chi connectivity index (χ0) is 18.7.